The van der Waals surface area contributed by atoms with Gasteiger partial charge in [-0.3, -0.25) is 9.59 Å². The predicted molar refractivity (Wildman–Crippen MR) is 384 cm³/mol. The highest BCUT2D eigenvalue weighted by Crippen LogP contribution is 2.20. The maximum Gasteiger partial charge on any atom is 0.305 e. The number of carbonyl (C=O) groups excluding carboxylic acids is 2. The number of nitrogens with one attached hydrogen (secondary N) is 1. The fourth-order valence-electron chi connectivity index (χ4n) is 12.9. The van der Waals surface area contributed by atoms with Gasteiger partial charge in [0.15, 0.2) is 0 Å². The minimum Gasteiger partial charge on any atom is -0.466 e. The SMILES string of the molecule is CCCCCCCC/C=C\CCCCCCCC(=O)OCCCCCCCCCCCCCC/C=C\CCCCCCCCCCCCCCCCCCCC(=O)NC(CO)C(O)CCCCCCCCCCCCCCCCCCCCCCCC. The largest absolute Gasteiger partial charge is 0.466 e. The summed E-state index contributed by atoms with van der Waals surface area (Å²) >= 11 is 0. The zero-order valence-corrected chi connectivity index (χ0v) is 59.3. The van der Waals surface area contributed by atoms with Crippen molar-refractivity contribution in [1.82, 2.24) is 5.32 Å². The van der Waals surface area contributed by atoms with Crippen LogP contribution in [0.25, 0.3) is 0 Å². The second kappa shape index (κ2) is 76.8. The molecule has 6 nitrogen and oxygen atoms in total. The van der Waals surface area contributed by atoms with Crippen LogP contribution >= 0.6 is 0 Å². The highest BCUT2D eigenvalue weighted by Gasteiger charge is 2.20. The van der Waals surface area contributed by atoms with Crippen molar-refractivity contribution in [1.29, 1.82) is 0 Å². The Morgan fingerprint density at radius 1 is 0.310 bits per heavy atom. The Balaban J connectivity index is 3.35. The first-order chi connectivity index (χ1) is 43.0. The summed E-state index contributed by atoms with van der Waals surface area (Å²) in [4.78, 5) is 24.7. The van der Waals surface area contributed by atoms with Gasteiger partial charge in [-0.2, -0.15) is 0 Å². The molecule has 0 spiro atoms. The Morgan fingerprint density at radius 2 is 0.540 bits per heavy atom. The van der Waals surface area contributed by atoms with E-state index in [1.807, 2.05) is 0 Å². The van der Waals surface area contributed by atoms with Gasteiger partial charge in [-0.25, -0.2) is 0 Å². The summed E-state index contributed by atoms with van der Waals surface area (Å²) in [6.45, 7) is 5.00. The summed E-state index contributed by atoms with van der Waals surface area (Å²) in [6.07, 6.45) is 98.4. The molecule has 0 heterocycles. The monoisotopic (exact) mass is 1220 g/mol. The molecule has 0 aliphatic heterocycles. The molecule has 0 aromatic carbocycles. The van der Waals surface area contributed by atoms with Gasteiger partial charge in [0, 0.05) is 12.8 Å². The number of aliphatic hydroxyl groups excluding tert-OH is 2. The highest BCUT2D eigenvalue weighted by atomic mass is 16.5. The molecule has 6 heteroatoms. The molecule has 0 fully saturated rings. The van der Waals surface area contributed by atoms with Crippen LogP contribution in [-0.2, 0) is 14.3 Å². The van der Waals surface area contributed by atoms with E-state index in [-0.39, 0.29) is 18.5 Å². The van der Waals surface area contributed by atoms with Gasteiger partial charge < -0.3 is 20.3 Å². The minimum absolute atomic E-state index is 0.0118. The Kier molecular flexibility index (Phi) is 75.3. The number of amides is 1. The van der Waals surface area contributed by atoms with Crippen LogP contribution in [0.15, 0.2) is 24.3 Å². The summed E-state index contributed by atoms with van der Waals surface area (Å²) in [6, 6.07) is -0.540. The lowest BCUT2D eigenvalue weighted by Crippen LogP contribution is -2.45. The topological polar surface area (TPSA) is 95.9 Å². The summed E-state index contributed by atoms with van der Waals surface area (Å²) in [5.41, 5.74) is 0. The van der Waals surface area contributed by atoms with Crippen LogP contribution in [0.3, 0.4) is 0 Å². The van der Waals surface area contributed by atoms with Crippen LogP contribution in [0.2, 0.25) is 0 Å². The van der Waals surface area contributed by atoms with Crippen LogP contribution in [0.1, 0.15) is 457 Å². The van der Waals surface area contributed by atoms with Gasteiger partial charge in [-0.15, -0.1) is 0 Å². The molecule has 0 saturated carbocycles. The molecular formula is C81H157NO5. The van der Waals surface area contributed by atoms with Crippen molar-refractivity contribution in [2.24, 2.45) is 0 Å². The van der Waals surface area contributed by atoms with Crippen LogP contribution < -0.4 is 5.32 Å². The van der Waals surface area contributed by atoms with E-state index in [4.69, 9.17) is 4.74 Å². The molecule has 2 atom stereocenters. The van der Waals surface area contributed by atoms with E-state index in [9.17, 15) is 19.8 Å². The van der Waals surface area contributed by atoms with E-state index in [2.05, 4.69) is 43.5 Å². The first kappa shape index (κ1) is 85.3. The number of allylic oxidation sites excluding steroid dienone is 4. The van der Waals surface area contributed by atoms with Gasteiger partial charge in [-0.05, 0) is 77.0 Å². The third kappa shape index (κ3) is 73.3. The fourth-order valence-corrected chi connectivity index (χ4v) is 12.9. The lowest BCUT2D eigenvalue weighted by molar-refractivity contribution is -0.143. The molecule has 0 rings (SSSR count). The zero-order chi connectivity index (χ0) is 62.8. The van der Waals surface area contributed by atoms with Crippen molar-refractivity contribution in [3.8, 4) is 0 Å². The first-order valence-electron chi connectivity index (χ1n) is 40.1. The first-order valence-corrected chi connectivity index (χ1v) is 40.1. The van der Waals surface area contributed by atoms with E-state index >= 15 is 0 Å². The van der Waals surface area contributed by atoms with Crippen LogP contribution in [0.5, 0.6) is 0 Å². The molecule has 0 aliphatic rings. The second-order valence-electron chi connectivity index (χ2n) is 27.7. The van der Waals surface area contributed by atoms with Crippen LogP contribution in [-0.4, -0.2) is 47.4 Å². The maximum atomic E-state index is 12.6. The van der Waals surface area contributed by atoms with Crippen molar-refractivity contribution < 1.29 is 24.5 Å². The third-order valence-corrected chi connectivity index (χ3v) is 19.0. The number of rotatable bonds is 76. The summed E-state index contributed by atoms with van der Waals surface area (Å²) in [5, 5.41) is 23.5. The summed E-state index contributed by atoms with van der Waals surface area (Å²) in [5.74, 6) is -0.0146. The average molecular weight is 1230 g/mol. The molecule has 516 valence electrons. The Labute approximate surface area is 545 Å². The lowest BCUT2D eigenvalue weighted by Gasteiger charge is -2.22. The van der Waals surface area contributed by atoms with Gasteiger partial charge in [-0.1, -0.05) is 391 Å². The number of esters is 1. The molecule has 1 amide bonds. The maximum absolute atomic E-state index is 12.6. The molecule has 0 aromatic rings. The standard InChI is InChI=1S/C81H157NO5/c1-3-5-7-9-11-13-15-17-19-20-21-22-36-39-42-46-49-53-57-61-65-69-73-79(84)78(77-83)82-80(85)74-70-66-62-58-54-50-47-43-40-37-34-32-30-28-26-24-23-25-27-29-31-33-35-38-41-44-48-52-56-60-64-68-72-76-87-81(86)75-71-67-63-59-55-51-45-18-16-14-12-10-8-6-4-2/h18,27,29,45,78-79,83-84H,3-17,19-26,28,30-44,46-77H2,1-2H3,(H,82,85)/b29-27-,45-18-. The zero-order valence-electron chi connectivity index (χ0n) is 59.3. The predicted octanol–water partition coefficient (Wildman–Crippen LogP) is 26.4. The number of hydrogen-bond acceptors (Lipinski definition) is 5. The van der Waals surface area contributed by atoms with Gasteiger partial charge >= 0.3 is 5.97 Å². The quantitative estimate of drug-likeness (QED) is 0.0320. The molecule has 3 N–H and O–H groups in total. The number of ether oxygens (including phenoxy) is 1. The fraction of sp³-hybridized carbons (Fsp3) is 0.926. The Morgan fingerprint density at radius 3 is 0.816 bits per heavy atom. The molecule has 2 unspecified atom stereocenters. The van der Waals surface area contributed by atoms with Gasteiger partial charge in [0.1, 0.15) is 0 Å². The van der Waals surface area contributed by atoms with E-state index < -0.39 is 12.1 Å². The molecular weight excluding hydrogens is 1070 g/mol. The smallest absolute Gasteiger partial charge is 0.305 e. The molecule has 0 aliphatic carbocycles. The Hall–Kier alpha value is -1.66. The van der Waals surface area contributed by atoms with Gasteiger partial charge in [0.25, 0.3) is 0 Å². The van der Waals surface area contributed by atoms with Crippen LogP contribution in [0, 0.1) is 0 Å². The third-order valence-electron chi connectivity index (χ3n) is 19.0. The van der Waals surface area contributed by atoms with E-state index in [1.54, 1.807) is 0 Å². The van der Waals surface area contributed by atoms with E-state index in [0.29, 0.717) is 25.9 Å². The van der Waals surface area contributed by atoms with E-state index in [1.165, 1.54) is 379 Å². The summed E-state index contributed by atoms with van der Waals surface area (Å²) in [7, 11) is 0. The van der Waals surface area contributed by atoms with Gasteiger partial charge in [0.2, 0.25) is 5.91 Å². The molecule has 0 aromatic heterocycles. The van der Waals surface area contributed by atoms with Crippen molar-refractivity contribution in [3.05, 3.63) is 24.3 Å². The number of hydrogen-bond donors (Lipinski definition) is 3. The van der Waals surface area contributed by atoms with E-state index in [0.717, 1.165) is 44.9 Å². The highest BCUT2D eigenvalue weighted by molar-refractivity contribution is 5.76. The normalized spacial score (nSPS) is 12.6. The number of carbonyl (C=O) groups is 2. The van der Waals surface area contributed by atoms with Crippen molar-refractivity contribution in [3.63, 3.8) is 0 Å². The number of unbranched alkanes of at least 4 members (excludes halogenated alkanes) is 61. The summed E-state index contributed by atoms with van der Waals surface area (Å²) < 4.78 is 5.50. The van der Waals surface area contributed by atoms with Crippen molar-refractivity contribution in [2.45, 2.75) is 469 Å². The molecule has 0 radical (unpaired) electrons. The second-order valence-corrected chi connectivity index (χ2v) is 27.7. The molecule has 87 heavy (non-hydrogen) atoms. The van der Waals surface area contributed by atoms with Crippen molar-refractivity contribution >= 4 is 11.9 Å². The molecule has 0 bridgehead atoms. The van der Waals surface area contributed by atoms with Crippen molar-refractivity contribution in [2.75, 3.05) is 13.2 Å². The number of aliphatic hydroxyl groups is 2. The minimum atomic E-state index is -0.663. The molecule has 0 saturated heterocycles. The van der Waals surface area contributed by atoms with Crippen LogP contribution in [0.4, 0.5) is 0 Å². The van der Waals surface area contributed by atoms with Gasteiger partial charge in [0.05, 0.1) is 25.4 Å². The lowest BCUT2D eigenvalue weighted by atomic mass is 10.0. The Bertz CT molecular complexity index is 1360. The average Bonchev–Trinajstić information content (AvgIpc) is 3.52.